The molecule has 0 atom stereocenters. The van der Waals surface area contributed by atoms with Crippen molar-refractivity contribution >= 4 is 5.97 Å². The Hall–Kier alpha value is 0.806. The molecule has 0 radical (unpaired) electrons. The first-order chi connectivity index (χ1) is 9.77. The molecule has 0 aliphatic heterocycles. The molecule has 0 unspecified atom stereocenters. The first kappa shape index (κ1) is 27.6. The van der Waals surface area contributed by atoms with Gasteiger partial charge in [0.2, 0.25) is 0 Å². The number of aliphatic carboxylic acids is 1. The van der Waals surface area contributed by atoms with Gasteiger partial charge < -0.3 is 10.6 Å². The van der Waals surface area contributed by atoms with E-state index in [2.05, 4.69) is 19.1 Å². The van der Waals surface area contributed by atoms with E-state index in [-0.39, 0.29) is 56.9 Å². The molecule has 0 aliphatic rings. The Balaban J connectivity index is -0.00000180. The van der Waals surface area contributed by atoms with E-state index >= 15 is 0 Å². The van der Waals surface area contributed by atoms with Crippen molar-refractivity contribution in [3.8, 4) is 0 Å². The van der Waals surface area contributed by atoms with Gasteiger partial charge in [-0.05, 0) is 32.1 Å². The van der Waals surface area contributed by atoms with E-state index in [1.165, 1.54) is 70.6 Å². The van der Waals surface area contributed by atoms with Crippen molar-refractivity contribution in [2.24, 2.45) is 0 Å². The van der Waals surface area contributed by atoms with Crippen LogP contribution in [0.4, 0.5) is 0 Å². The number of hydrogen-bond acceptors (Lipinski definition) is 2. The first-order valence-electron chi connectivity index (χ1n) is 8.64. The summed E-state index contributed by atoms with van der Waals surface area (Å²) < 4.78 is 0. The molecule has 0 aromatic heterocycles. The number of hydrogen-bond donors (Lipinski definition) is 1. The van der Waals surface area contributed by atoms with Gasteiger partial charge in [0.1, 0.15) is 0 Å². The van der Waals surface area contributed by atoms with Crippen LogP contribution in [-0.4, -0.2) is 16.6 Å². The van der Waals surface area contributed by atoms with E-state index in [0.29, 0.717) is 6.42 Å². The van der Waals surface area contributed by atoms with Crippen molar-refractivity contribution in [3.05, 3.63) is 12.2 Å². The van der Waals surface area contributed by atoms with Crippen LogP contribution < -0.4 is 51.4 Å². The van der Waals surface area contributed by atoms with Crippen LogP contribution >= 0.6 is 0 Å². The van der Waals surface area contributed by atoms with Gasteiger partial charge in [-0.25, -0.2) is 0 Å². The molecule has 0 aromatic carbocycles. The monoisotopic (exact) mass is 338 g/mol. The van der Waals surface area contributed by atoms with Gasteiger partial charge >= 0.3 is 57.4 Å². The van der Waals surface area contributed by atoms with Crippen molar-refractivity contribution in [3.63, 3.8) is 0 Å². The maximum Gasteiger partial charge on any atom is 1.00 e. The van der Waals surface area contributed by atoms with E-state index in [1.54, 1.807) is 0 Å². The Kier molecular flexibility index (Phi) is 30.2. The summed E-state index contributed by atoms with van der Waals surface area (Å²) in [6.07, 6.45) is 21.2. The van der Waals surface area contributed by atoms with Gasteiger partial charge in [0.05, 0.1) is 0 Å². The molecule has 0 aliphatic carbocycles. The largest absolute Gasteiger partial charge is 1.00 e. The van der Waals surface area contributed by atoms with Crippen molar-refractivity contribution in [1.82, 2.24) is 0 Å². The second-order valence-electron chi connectivity index (χ2n) is 5.73. The number of carbonyl (C=O) groups is 1. The molecule has 0 fully saturated rings. The van der Waals surface area contributed by atoms with Crippen LogP contribution in [0.25, 0.3) is 0 Å². The molecule has 126 valence electrons. The fraction of sp³-hybridized carbons (Fsp3) is 0.833. The van der Waals surface area contributed by atoms with Crippen molar-refractivity contribution in [1.29, 1.82) is 0 Å². The molecular formula is C18H35KO3. The third-order valence-electron chi connectivity index (χ3n) is 3.65. The molecule has 2 N–H and O–H groups in total. The maximum absolute atomic E-state index is 10.3. The standard InChI is InChI=1S/C18H34O2.K.H2O/c1-2-3-4-5-6-7-8-9-10-11-12-13-14-15-16-17-18(19)20;;/h9-10H,2-8,11-17H2,1H3,(H,19,20);;1H2/q;+1;/p-1. The van der Waals surface area contributed by atoms with E-state index in [0.717, 1.165) is 12.8 Å². The van der Waals surface area contributed by atoms with Crippen LogP contribution in [0.5, 0.6) is 0 Å². The number of unbranched alkanes of at least 4 members (excludes halogenated alkanes) is 11. The SMILES string of the molecule is CCCCCCCCC=CCCCCCCCC(=O)O.[K+].[OH-]. The van der Waals surface area contributed by atoms with Crippen LogP contribution in [0.15, 0.2) is 12.2 Å². The molecule has 0 bridgehead atoms. The molecule has 4 heteroatoms. The zero-order chi connectivity index (χ0) is 14.9. The number of carboxylic acids is 1. The van der Waals surface area contributed by atoms with Crippen LogP contribution in [0.2, 0.25) is 0 Å². The zero-order valence-electron chi connectivity index (χ0n) is 14.9. The molecule has 0 saturated heterocycles. The smallest absolute Gasteiger partial charge is 0.870 e. The summed E-state index contributed by atoms with van der Waals surface area (Å²) in [5.41, 5.74) is 0. The summed E-state index contributed by atoms with van der Waals surface area (Å²) in [4.78, 5) is 10.3. The molecule has 0 heterocycles. The number of rotatable bonds is 15. The average molecular weight is 339 g/mol. The Morgan fingerprint density at radius 2 is 1.18 bits per heavy atom. The van der Waals surface area contributed by atoms with Gasteiger partial charge in [-0.15, -0.1) is 0 Å². The summed E-state index contributed by atoms with van der Waals surface area (Å²) in [5, 5.41) is 8.51. The summed E-state index contributed by atoms with van der Waals surface area (Å²) in [6.45, 7) is 2.26. The summed E-state index contributed by atoms with van der Waals surface area (Å²) in [6, 6.07) is 0. The number of allylic oxidation sites excluding steroid dienone is 2. The van der Waals surface area contributed by atoms with E-state index in [4.69, 9.17) is 5.11 Å². The topological polar surface area (TPSA) is 67.3 Å². The van der Waals surface area contributed by atoms with Gasteiger partial charge in [0, 0.05) is 6.42 Å². The summed E-state index contributed by atoms with van der Waals surface area (Å²) in [7, 11) is 0. The zero-order valence-corrected chi connectivity index (χ0v) is 18.0. The molecule has 0 amide bonds. The molecule has 0 rings (SSSR count). The van der Waals surface area contributed by atoms with Crippen LogP contribution in [-0.2, 0) is 4.79 Å². The predicted octanol–water partition coefficient (Wildman–Crippen LogP) is 2.94. The summed E-state index contributed by atoms with van der Waals surface area (Å²) in [5.74, 6) is -0.664. The van der Waals surface area contributed by atoms with Crippen molar-refractivity contribution in [2.45, 2.75) is 96.8 Å². The third kappa shape index (κ3) is 25.7. The minimum absolute atomic E-state index is 0. The molecule has 3 nitrogen and oxygen atoms in total. The maximum atomic E-state index is 10.3. The number of carboxylic acid groups (broad SMARTS) is 1. The van der Waals surface area contributed by atoms with Gasteiger partial charge in [-0.1, -0.05) is 70.4 Å². The first-order valence-corrected chi connectivity index (χ1v) is 8.64. The molecule has 0 spiro atoms. The van der Waals surface area contributed by atoms with Crippen LogP contribution in [0, 0.1) is 0 Å². The quantitative estimate of drug-likeness (QED) is 0.284. The fourth-order valence-corrected chi connectivity index (χ4v) is 2.35. The Labute approximate surface area is 180 Å². The fourth-order valence-electron chi connectivity index (χ4n) is 2.35. The van der Waals surface area contributed by atoms with Gasteiger partial charge in [0.25, 0.3) is 0 Å². The molecule has 0 saturated carbocycles. The minimum atomic E-state index is -0.664. The van der Waals surface area contributed by atoms with Crippen LogP contribution in [0.1, 0.15) is 96.8 Å². The van der Waals surface area contributed by atoms with Gasteiger partial charge in [0.15, 0.2) is 0 Å². The Bertz CT molecular complexity index is 242. The minimum Gasteiger partial charge on any atom is -0.870 e. The van der Waals surface area contributed by atoms with Crippen molar-refractivity contribution < 1.29 is 66.8 Å². The van der Waals surface area contributed by atoms with E-state index < -0.39 is 5.97 Å². The third-order valence-corrected chi connectivity index (χ3v) is 3.65. The second-order valence-corrected chi connectivity index (χ2v) is 5.73. The van der Waals surface area contributed by atoms with Crippen molar-refractivity contribution in [2.75, 3.05) is 0 Å². The molecular weight excluding hydrogens is 303 g/mol. The molecule has 22 heavy (non-hydrogen) atoms. The second kappa shape index (κ2) is 24.1. The average Bonchev–Trinajstić information content (AvgIpc) is 2.43. The van der Waals surface area contributed by atoms with E-state index in [9.17, 15) is 4.79 Å². The normalized spacial score (nSPS) is 10.2. The van der Waals surface area contributed by atoms with Crippen LogP contribution in [0.3, 0.4) is 0 Å². The Morgan fingerprint density at radius 3 is 1.64 bits per heavy atom. The Morgan fingerprint density at radius 1 is 0.773 bits per heavy atom. The molecule has 0 aromatic rings. The van der Waals surface area contributed by atoms with Gasteiger partial charge in [-0.2, -0.15) is 0 Å². The van der Waals surface area contributed by atoms with Gasteiger partial charge in [-0.3, -0.25) is 4.79 Å². The predicted molar refractivity (Wildman–Crippen MR) is 89.0 cm³/mol. The van der Waals surface area contributed by atoms with E-state index in [1.807, 2.05) is 0 Å². The summed E-state index contributed by atoms with van der Waals surface area (Å²) >= 11 is 0.